The van der Waals surface area contributed by atoms with E-state index in [9.17, 15) is 9.59 Å². The molecule has 6 nitrogen and oxygen atoms in total. The zero-order chi connectivity index (χ0) is 18.4. The quantitative estimate of drug-likeness (QED) is 0.910. The van der Waals surface area contributed by atoms with Crippen molar-refractivity contribution in [3.63, 3.8) is 0 Å². The molecule has 128 valence electrons. The van der Waals surface area contributed by atoms with E-state index in [1.165, 1.54) is 11.8 Å². The van der Waals surface area contributed by atoms with Crippen molar-refractivity contribution in [2.75, 3.05) is 35.8 Å². The highest BCUT2D eigenvalue weighted by Gasteiger charge is 2.16. The standard InChI is InChI=1S/C19H20N4O2/c1-14(24)23(18-9-7-17(8-10-18)22(2)3)13-19(25)21-16-6-4-5-15(11-16)12-20/h4-11H,13H2,1-3H3,(H,21,25). The fourth-order valence-electron chi connectivity index (χ4n) is 2.33. The second kappa shape index (κ2) is 7.97. The molecule has 0 saturated carbocycles. The second-order valence-corrected chi connectivity index (χ2v) is 5.76. The molecule has 0 bridgehead atoms. The Labute approximate surface area is 147 Å². The van der Waals surface area contributed by atoms with E-state index < -0.39 is 0 Å². The second-order valence-electron chi connectivity index (χ2n) is 5.76. The summed E-state index contributed by atoms with van der Waals surface area (Å²) in [6.07, 6.45) is 0. The lowest BCUT2D eigenvalue weighted by atomic mass is 10.2. The average Bonchev–Trinajstić information content (AvgIpc) is 2.59. The van der Waals surface area contributed by atoms with Crippen LogP contribution in [0.1, 0.15) is 12.5 Å². The molecule has 2 aromatic carbocycles. The van der Waals surface area contributed by atoms with Crippen LogP contribution < -0.4 is 15.1 Å². The summed E-state index contributed by atoms with van der Waals surface area (Å²) in [7, 11) is 3.86. The number of nitriles is 1. The molecule has 0 aliphatic heterocycles. The average molecular weight is 336 g/mol. The predicted molar refractivity (Wildman–Crippen MR) is 98.6 cm³/mol. The van der Waals surface area contributed by atoms with E-state index >= 15 is 0 Å². The molecule has 6 heteroatoms. The van der Waals surface area contributed by atoms with E-state index in [4.69, 9.17) is 5.26 Å². The van der Waals surface area contributed by atoms with Crippen molar-refractivity contribution in [3.05, 3.63) is 54.1 Å². The molecule has 0 unspecified atom stereocenters. The Balaban J connectivity index is 2.11. The summed E-state index contributed by atoms with van der Waals surface area (Å²) in [4.78, 5) is 27.6. The first-order chi connectivity index (χ1) is 11.9. The molecule has 2 amide bonds. The fourth-order valence-corrected chi connectivity index (χ4v) is 2.33. The number of amides is 2. The third-order valence-electron chi connectivity index (χ3n) is 3.64. The van der Waals surface area contributed by atoms with Crippen LogP contribution in [-0.2, 0) is 9.59 Å². The van der Waals surface area contributed by atoms with Crippen molar-refractivity contribution < 1.29 is 9.59 Å². The first-order valence-corrected chi connectivity index (χ1v) is 7.76. The van der Waals surface area contributed by atoms with E-state index in [1.807, 2.05) is 37.2 Å². The molecule has 2 aromatic rings. The van der Waals surface area contributed by atoms with Crippen molar-refractivity contribution in [3.8, 4) is 6.07 Å². The minimum atomic E-state index is -0.332. The number of hydrogen-bond acceptors (Lipinski definition) is 4. The van der Waals surface area contributed by atoms with Crippen molar-refractivity contribution >= 4 is 28.9 Å². The summed E-state index contributed by atoms with van der Waals surface area (Å²) in [6.45, 7) is 1.32. The summed E-state index contributed by atoms with van der Waals surface area (Å²) >= 11 is 0. The van der Waals surface area contributed by atoms with Crippen LogP contribution in [0.5, 0.6) is 0 Å². The molecule has 0 radical (unpaired) electrons. The monoisotopic (exact) mass is 336 g/mol. The van der Waals surface area contributed by atoms with Crippen molar-refractivity contribution in [2.24, 2.45) is 0 Å². The topological polar surface area (TPSA) is 76.4 Å². The van der Waals surface area contributed by atoms with Gasteiger partial charge in [-0.05, 0) is 42.5 Å². The molecule has 0 atom stereocenters. The van der Waals surface area contributed by atoms with Crippen LogP contribution in [0.15, 0.2) is 48.5 Å². The summed E-state index contributed by atoms with van der Waals surface area (Å²) in [5.74, 6) is -0.555. The molecular formula is C19H20N4O2. The normalized spacial score (nSPS) is 9.84. The van der Waals surface area contributed by atoms with Gasteiger partial charge in [0.25, 0.3) is 0 Å². The van der Waals surface area contributed by atoms with Crippen molar-refractivity contribution in [1.82, 2.24) is 0 Å². The van der Waals surface area contributed by atoms with Gasteiger partial charge in [0.15, 0.2) is 0 Å². The maximum atomic E-state index is 12.3. The lowest BCUT2D eigenvalue weighted by molar-refractivity contribution is -0.120. The van der Waals surface area contributed by atoms with E-state index in [0.717, 1.165) is 5.69 Å². The van der Waals surface area contributed by atoms with Gasteiger partial charge in [-0.3, -0.25) is 9.59 Å². The molecule has 2 rings (SSSR count). The number of anilines is 3. The van der Waals surface area contributed by atoms with Crippen LogP contribution >= 0.6 is 0 Å². The fraction of sp³-hybridized carbons (Fsp3) is 0.211. The smallest absolute Gasteiger partial charge is 0.244 e. The van der Waals surface area contributed by atoms with E-state index in [0.29, 0.717) is 16.9 Å². The third-order valence-corrected chi connectivity index (χ3v) is 3.64. The van der Waals surface area contributed by atoms with Gasteiger partial charge in [-0.25, -0.2) is 0 Å². The zero-order valence-corrected chi connectivity index (χ0v) is 14.5. The summed E-state index contributed by atoms with van der Waals surface area (Å²) in [6, 6.07) is 16.0. The van der Waals surface area contributed by atoms with Gasteiger partial charge >= 0.3 is 0 Å². The predicted octanol–water partition coefficient (Wildman–Crippen LogP) is 2.62. The largest absolute Gasteiger partial charge is 0.378 e. The SMILES string of the molecule is CC(=O)N(CC(=O)Nc1cccc(C#N)c1)c1ccc(N(C)C)cc1. The molecule has 0 aliphatic carbocycles. The lowest BCUT2D eigenvalue weighted by Crippen LogP contribution is -2.36. The Hall–Kier alpha value is -3.33. The Bertz CT molecular complexity index is 807. The van der Waals surface area contributed by atoms with Gasteiger partial charge in [0.2, 0.25) is 11.8 Å². The minimum Gasteiger partial charge on any atom is -0.378 e. The number of nitrogens with one attached hydrogen (secondary N) is 1. The first kappa shape index (κ1) is 18.0. The van der Waals surface area contributed by atoms with Gasteiger partial charge in [0, 0.05) is 38.1 Å². The van der Waals surface area contributed by atoms with Gasteiger partial charge in [0.1, 0.15) is 6.54 Å². The molecule has 0 aliphatic rings. The highest BCUT2D eigenvalue weighted by molar-refractivity contribution is 6.01. The van der Waals surface area contributed by atoms with Gasteiger partial charge in [-0.1, -0.05) is 6.07 Å². The molecule has 0 saturated heterocycles. The number of benzene rings is 2. The summed E-state index contributed by atoms with van der Waals surface area (Å²) in [5.41, 5.74) is 2.64. The highest BCUT2D eigenvalue weighted by atomic mass is 16.2. The number of hydrogen-bond donors (Lipinski definition) is 1. The Morgan fingerprint density at radius 2 is 1.72 bits per heavy atom. The summed E-state index contributed by atoms with van der Waals surface area (Å²) < 4.78 is 0. The maximum Gasteiger partial charge on any atom is 0.244 e. The number of carbonyl (C=O) groups excluding carboxylic acids is 2. The van der Waals surface area contributed by atoms with Crippen molar-refractivity contribution in [1.29, 1.82) is 5.26 Å². The Kier molecular flexibility index (Phi) is 5.75. The van der Waals surface area contributed by atoms with Crippen LogP contribution in [0, 0.1) is 11.3 Å². The van der Waals surface area contributed by atoms with Crippen LogP contribution in [0.2, 0.25) is 0 Å². The van der Waals surface area contributed by atoms with Crippen molar-refractivity contribution in [2.45, 2.75) is 6.92 Å². The van der Waals surface area contributed by atoms with Crippen LogP contribution in [0.4, 0.5) is 17.1 Å². The molecule has 25 heavy (non-hydrogen) atoms. The Morgan fingerprint density at radius 3 is 2.28 bits per heavy atom. The molecule has 1 N–H and O–H groups in total. The maximum absolute atomic E-state index is 12.3. The number of rotatable bonds is 5. The minimum absolute atomic E-state index is 0.104. The molecule has 0 spiro atoms. The molecule has 0 heterocycles. The van der Waals surface area contributed by atoms with Crippen LogP contribution in [-0.4, -0.2) is 32.5 Å². The van der Waals surface area contributed by atoms with E-state index in [2.05, 4.69) is 5.32 Å². The third kappa shape index (κ3) is 4.82. The number of nitrogens with zero attached hydrogens (tertiary/aromatic N) is 3. The first-order valence-electron chi connectivity index (χ1n) is 7.76. The highest BCUT2D eigenvalue weighted by Crippen LogP contribution is 2.20. The van der Waals surface area contributed by atoms with Gasteiger partial charge in [-0.15, -0.1) is 0 Å². The molecule has 0 fully saturated rings. The molecule has 0 aromatic heterocycles. The number of carbonyl (C=O) groups is 2. The van der Waals surface area contributed by atoms with Gasteiger partial charge < -0.3 is 15.1 Å². The lowest BCUT2D eigenvalue weighted by Gasteiger charge is -2.22. The van der Waals surface area contributed by atoms with E-state index in [-0.39, 0.29) is 18.4 Å². The Morgan fingerprint density at radius 1 is 1.08 bits per heavy atom. The molecular weight excluding hydrogens is 316 g/mol. The van der Waals surface area contributed by atoms with E-state index in [1.54, 1.807) is 36.4 Å². The van der Waals surface area contributed by atoms with Crippen LogP contribution in [0.3, 0.4) is 0 Å². The van der Waals surface area contributed by atoms with Gasteiger partial charge in [0.05, 0.1) is 11.6 Å². The summed E-state index contributed by atoms with van der Waals surface area (Å²) in [5, 5.41) is 11.6. The van der Waals surface area contributed by atoms with Crippen LogP contribution in [0.25, 0.3) is 0 Å². The van der Waals surface area contributed by atoms with Gasteiger partial charge in [-0.2, -0.15) is 5.26 Å². The zero-order valence-electron chi connectivity index (χ0n) is 14.5.